The van der Waals surface area contributed by atoms with Crippen molar-refractivity contribution < 1.29 is 0 Å². The summed E-state index contributed by atoms with van der Waals surface area (Å²) in [5.41, 5.74) is 10.1. The molecule has 82 valence electrons. The van der Waals surface area contributed by atoms with E-state index in [4.69, 9.17) is 11.6 Å². The molecule has 1 unspecified atom stereocenters. The molecule has 1 saturated carbocycles. The van der Waals surface area contributed by atoms with E-state index in [1.165, 1.54) is 18.4 Å². The lowest BCUT2D eigenvalue weighted by molar-refractivity contribution is 0.359. The predicted octanol–water partition coefficient (Wildman–Crippen LogP) is 0.838. The van der Waals surface area contributed by atoms with Gasteiger partial charge in [0.15, 0.2) is 0 Å². The second-order valence-corrected chi connectivity index (χ2v) is 4.67. The van der Waals surface area contributed by atoms with Crippen LogP contribution in [-0.4, -0.2) is 11.0 Å². The number of nitrogens with two attached hydrogens (primary N) is 2. The first-order chi connectivity index (χ1) is 7.14. The molecule has 0 aromatic carbocycles. The van der Waals surface area contributed by atoms with Crippen molar-refractivity contribution in [3.05, 3.63) is 23.9 Å². The maximum absolute atomic E-state index is 5.64. The molecule has 1 atom stereocenters. The molecule has 0 bridgehead atoms. The number of aromatic nitrogens is 1. The fourth-order valence-electron chi connectivity index (χ4n) is 1.91. The molecule has 1 aliphatic rings. The van der Waals surface area contributed by atoms with E-state index in [1.807, 2.05) is 12.1 Å². The van der Waals surface area contributed by atoms with Gasteiger partial charge in [-0.15, -0.1) is 0 Å². The highest BCUT2D eigenvalue weighted by atomic mass is 15.2. The summed E-state index contributed by atoms with van der Waals surface area (Å²) in [4.78, 5) is 3.98. The molecule has 4 heteroatoms. The average Bonchev–Trinajstić information content (AvgIpc) is 2.94. The van der Waals surface area contributed by atoms with Gasteiger partial charge in [-0.2, -0.15) is 0 Å². The van der Waals surface area contributed by atoms with Gasteiger partial charge in [-0.3, -0.25) is 11.3 Å². The Bertz CT molecular complexity index is 346. The smallest absolute Gasteiger partial charge is 0.123 e. The minimum atomic E-state index is 0.333. The fourth-order valence-corrected chi connectivity index (χ4v) is 1.91. The fraction of sp³-hybridized carbons (Fsp3) is 0.545. The minimum absolute atomic E-state index is 0.333. The first kappa shape index (κ1) is 10.4. The van der Waals surface area contributed by atoms with E-state index >= 15 is 0 Å². The van der Waals surface area contributed by atoms with Crippen LogP contribution < -0.4 is 17.0 Å². The Labute approximate surface area is 90.0 Å². The molecule has 1 fully saturated rings. The number of nitrogens with zero attached hydrogens (tertiary/aromatic N) is 1. The van der Waals surface area contributed by atoms with Crippen LogP contribution in [0.5, 0.6) is 0 Å². The quantitative estimate of drug-likeness (QED) is 0.504. The second-order valence-electron chi connectivity index (χ2n) is 4.67. The molecule has 1 aromatic heterocycles. The van der Waals surface area contributed by atoms with Gasteiger partial charge in [0.2, 0.25) is 0 Å². The summed E-state index contributed by atoms with van der Waals surface area (Å²) >= 11 is 0. The molecule has 2 rings (SSSR count). The number of hydrogen-bond acceptors (Lipinski definition) is 4. The van der Waals surface area contributed by atoms with Crippen LogP contribution in [0.25, 0.3) is 0 Å². The molecular weight excluding hydrogens is 188 g/mol. The summed E-state index contributed by atoms with van der Waals surface area (Å²) in [6, 6.07) is 4.24. The Morgan fingerprint density at radius 2 is 2.33 bits per heavy atom. The highest BCUT2D eigenvalue weighted by Crippen LogP contribution is 2.48. The van der Waals surface area contributed by atoms with E-state index in [9.17, 15) is 0 Å². The molecule has 0 spiro atoms. The van der Waals surface area contributed by atoms with Crippen molar-refractivity contribution >= 4 is 5.82 Å². The standard InChI is InChI=1S/C11H18N4/c1-11(3-4-11)9(15-13)6-8-2-5-14-10(12)7-8/h2,5,7,9,15H,3-4,6,13H2,1H3,(H2,12,14). The SMILES string of the molecule is CC1(C(Cc2ccnc(N)c2)NN)CC1. The maximum Gasteiger partial charge on any atom is 0.123 e. The Hall–Kier alpha value is -1.13. The van der Waals surface area contributed by atoms with E-state index in [0.29, 0.717) is 17.3 Å². The zero-order valence-corrected chi connectivity index (χ0v) is 9.03. The van der Waals surface area contributed by atoms with Gasteiger partial charge in [-0.25, -0.2) is 4.98 Å². The Morgan fingerprint density at radius 1 is 1.60 bits per heavy atom. The van der Waals surface area contributed by atoms with Gasteiger partial charge < -0.3 is 5.73 Å². The van der Waals surface area contributed by atoms with Crippen LogP contribution in [0.2, 0.25) is 0 Å². The number of pyridine rings is 1. The first-order valence-electron chi connectivity index (χ1n) is 5.30. The first-order valence-corrected chi connectivity index (χ1v) is 5.30. The van der Waals surface area contributed by atoms with Gasteiger partial charge in [0.05, 0.1) is 0 Å². The van der Waals surface area contributed by atoms with Crippen molar-refractivity contribution in [1.29, 1.82) is 0 Å². The Balaban J connectivity index is 2.06. The van der Waals surface area contributed by atoms with E-state index in [2.05, 4.69) is 17.3 Å². The number of rotatable bonds is 4. The van der Waals surface area contributed by atoms with E-state index in [1.54, 1.807) is 6.20 Å². The number of anilines is 1. The number of hydrazine groups is 1. The zero-order chi connectivity index (χ0) is 10.9. The lowest BCUT2D eigenvalue weighted by Gasteiger charge is -2.22. The van der Waals surface area contributed by atoms with Crippen molar-refractivity contribution in [3.63, 3.8) is 0 Å². The highest BCUT2D eigenvalue weighted by molar-refractivity contribution is 5.32. The summed E-state index contributed by atoms with van der Waals surface area (Å²) in [5, 5.41) is 0. The molecule has 15 heavy (non-hydrogen) atoms. The lowest BCUT2D eigenvalue weighted by Crippen LogP contribution is -2.42. The Morgan fingerprint density at radius 3 is 2.87 bits per heavy atom. The minimum Gasteiger partial charge on any atom is -0.384 e. The third kappa shape index (κ3) is 2.27. The van der Waals surface area contributed by atoms with Crippen molar-refractivity contribution in [2.75, 3.05) is 5.73 Å². The highest BCUT2D eigenvalue weighted by Gasteiger charge is 2.44. The molecule has 1 aromatic rings. The molecule has 4 nitrogen and oxygen atoms in total. The van der Waals surface area contributed by atoms with Crippen LogP contribution in [-0.2, 0) is 6.42 Å². The normalized spacial score (nSPS) is 19.9. The molecule has 0 saturated heterocycles. The van der Waals surface area contributed by atoms with Gasteiger partial charge in [-0.1, -0.05) is 6.92 Å². The molecular formula is C11H18N4. The lowest BCUT2D eigenvalue weighted by atomic mass is 9.93. The van der Waals surface area contributed by atoms with Crippen LogP contribution in [0.15, 0.2) is 18.3 Å². The van der Waals surface area contributed by atoms with Crippen molar-refractivity contribution in [2.45, 2.75) is 32.2 Å². The van der Waals surface area contributed by atoms with Gasteiger partial charge in [0.1, 0.15) is 5.82 Å². The molecule has 0 amide bonds. The monoisotopic (exact) mass is 206 g/mol. The van der Waals surface area contributed by atoms with Gasteiger partial charge in [0.25, 0.3) is 0 Å². The summed E-state index contributed by atoms with van der Waals surface area (Å²) in [5.74, 6) is 6.16. The molecule has 1 heterocycles. The topological polar surface area (TPSA) is 77.0 Å². The predicted molar refractivity (Wildman–Crippen MR) is 60.8 cm³/mol. The summed E-state index contributed by atoms with van der Waals surface area (Å²) in [7, 11) is 0. The Kier molecular flexibility index (Phi) is 2.63. The number of nitrogen functional groups attached to an aromatic ring is 1. The van der Waals surface area contributed by atoms with Gasteiger partial charge >= 0.3 is 0 Å². The van der Waals surface area contributed by atoms with Crippen molar-refractivity contribution in [3.8, 4) is 0 Å². The van der Waals surface area contributed by atoms with E-state index in [0.717, 1.165) is 6.42 Å². The van der Waals surface area contributed by atoms with Crippen LogP contribution in [0.3, 0.4) is 0 Å². The van der Waals surface area contributed by atoms with Crippen molar-refractivity contribution in [1.82, 2.24) is 10.4 Å². The van der Waals surface area contributed by atoms with Crippen molar-refractivity contribution in [2.24, 2.45) is 11.3 Å². The second kappa shape index (κ2) is 3.79. The molecule has 0 radical (unpaired) electrons. The van der Waals surface area contributed by atoms with E-state index < -0.39 is 0 Å². The van der Waals surface area contributed by atoms with Crippen LogP contribution in [0.1, 0.15) is 25.3 Å². The largest absolute Gasteiger partial charge is 0.384 e. The van der Waals surface area contributed by atoms with E-state index in [-0.39, 0.29) is 0 Å². The molecule has 5 N–H and O–H groups in total. The third-order valence-electron chi connectivity index (χ3n) is 3.37. The van der Waals surface area contributed by atoms with Gasteiger partial charge in [-0.05, 0) is 42.4 Å². The summed E-state index contributed by atoms with van der Waals surface area (Å²) < 4.78 is 0. The summed E-state index contributed by atoms with van der Waals surface area (Å²) in [6.45, 7) is 2.27. The van der Waals surface area contributed by atoms with Crippen LogP contribution in [0.4, 0.5) is 5.82 Å². The summed E-state index contributed by atoms with van der Waals surface area (Å²) in [6.07, 6.45) is 5.16. The number of hydrogen-bond donors (Lipinski definition) is 3. The zero-order valence-electron chi connectivity index (χ0n) is 9.03. The van der Waals surface area contributed by atoms with Gasteiger partial charge in [0, 0.05) is 12.2 Å². The average molecular weight is 206 g/mol. The molecule has 1 aliphatic carbocycles. The van der Waals surface area contributed by atoms with Crippen LogP contribution in [0, 0.1) is 5.41 Å². The number of nitrogens with one attached hydrogen (secondary N) is 1. The third-order valence-corrected chi connectivity index (χ3v) is 3.37. The van der Waals surface area contributed by atoms with Crippen LogP contribution >= 0.6 is 0 Å². The maximum atomic E-state index is 5.64. The molecule has 0 aliphatic heterocycles.